The van der Waals surface area contributed by atoms with Crippen LogP contribution in [-0.2, 0) is 17.8 Å². The van der Waals surface area contributed by atoms with Gasteiger partial charge in [0.2, 0.25) is 5.91 Å². The van der Waals surface area contributed by atoms with Gasteiger partial charge in [-0.05, 0) is 36.2 Å². The van der Waals surface area contributed by atoms with E-state index in [2.05, 4.69) is 16.7 Å². The zero-order valence-corrected chi connectivity index (χ0v) is 8.26. The molecule has 0 radical (unpaired) electrons. The van der Waals surface area contributed by atoms with Crippen LogP contribution in [0, 0.1) is 0 Å². The zero-order valence-electron chi connectivity index (χ0n) is 8.26. The maximum absolute atomic E-state index is 10.9. The van der Waals surface area contributed by atoms with Gasteiger partial charge in [0.05, 0.1) is 0 Å². The second-order valence-corrected chi connectivity index (χ2v) is 3.59. The average Bonchev–Trinajstić information content (AvgIpc) is 2.17. The number of rotatable bonds is 1. The number of carbonyl (C=O) groups is 1. The van der Waals surface area contributed by atoms with Crippen molar-refractivity contribution in [2.45, 2.75) is 19.9 Å². The van der Waals surface area contributed by atoms with Crippen molar-refractivity contribution in [1.82, 2.24) is 5.32 Å². The van der Waals surface area contributed by atoms with Crippen LogP contribution in [0.5, 0.6) is 0 Å². The first kappa shape index (κ1) is 9.21. The summed E-state index contributed by atoms with van der Waals surface area (Å²) in [5.41, 5.74) is 3.57. The summed E-state index contributed by atoms with van der Waals surface area (Å²) in [5.74, 6) is -0.0197. The smallest absolute Gasteiger partial charge is 0.221 e. The highest BCUT2D eigenvalue weighted by Crippen LogP contribution is 2.18. The Morgan fingerprint density at radius 1 is 1.43 bits per heavy atom. The lowest BCUT2D eigenvalue weighted by molar-refractivity contribution is -0.114. The molecule has 1 aliphatic heterocycles. The number of carbonyl (C=O) groups excluding carboxylic acids is 1. The molecule has 3 heteroatoms. The van der Waals surface area contributed by atoms with Gasteiger partial charge >= 0.3 is 0 Å². The van der Waals surface area contributed by atoms with Crippen molar-refractivity contribution >= 4 is 11.6 Å². The van der Waals surface area contributed by atoms with Crippen LogP contribution in [0.15, 0.2) is 18.2 Å². The SMILES string of the molecule is CC(=O)Nc1ccc2c(c1)CNCC2. The third-order valence-electron chi connectivity index (χ3n) is 2.41. The van der Waals surface area contributed by atoms with Crippen LogP contribution >= 0.6 is 0 Å². The van der Waals surface area contributed by atoms with Crippen molar-refractivity contribution in [3.05, 3.63) is 29.3 Å². The first-order valence-corrected chi connectivity index (χ1v) is 4.86. The van der Waals surface area contributed by atoms with E-state index in [4.69, 9.17) is 0 Å². The predicted octanol–water partition coefficient (Wildman–Crippen LogP) is 1.29. The molecule has 1 aromatic carbocycles. The maximum Gasteiger partial charge on any atom is 0.221 e. The molecule has 1 heterocycles. The Kier molecular flexibility index (Phi) is 2.50. The first-order chi connectivity index (χ1) is 6.75. The topological polar surface area (TPSA) is 41.1 Å². The van der Waals surface area contributed by atoms with Gasteiger partial charge in [-0.25, -0.2) is 0 Å². The highest BCUT2D eigenvalue weighted by atomic mass is 16.1. The zero-order chi connectivity index (χ0) is 9.97. The van der Waals surface area contributed by atoms with E-state index in [9.17, 15) is 4.79 Å². The molecule has 14 heavy (non-hydrogen) atoms. The van der Waals surface area contributed by atoms with Crippen LogP contribution in [-0.4, -0.2) is 12.5 Å². The lowest BCUT2D eigenvalue weighted by Crippen LogP contribution is -2.23. The molecule has 0 spiro atoms. The standard InChI is InChI=1S/C11H14N2O/c1-8(14)13-11-3-2-9-4-5-12-7-10(9)6-11/h2-3,6,12H,4-5,7H2,1H3,(H,13,14). The van der Waals surface area contributed by atoms with Gasteiger partial charge in [-0.3, -0.25) is 4.79 Å². The summed E-state index contributed by atoms with van der Waals surface area (Å²) in [6.07, 6.45) is 1.08. The van der Waals surface area contributed by atoms with Gasteiger partial charge in [-0.2, -0.15) is 0 Å². The lowest BCUT2D eigenvalue weighted by atomic mass is 10.0. The number of hydrogen-bond donors (Lipinski definition) is 2. The van der Waals surface area contributed by atoms with E-state index in [0.717, 1.165) is 25.2 Å². The van der Waals surface area contributed by atoms with Gasteiger partial charge in [0.1, 0.15) is 0 Å². The van der Waals surface area contributed by atoms with Crippen molar-refractivity contribution in [3.8, 4) is 0 Å². The Hall–Kier alpha value is -1.35. The summed E-state index contributed by atoms with van der Waals surface area (Å²) in [6, 6.07) is 6.11. The van der Waals surface area contributed by atoms with Crippen LogP contribution in [0.3, 0.4) is 0 Å². The van der Waals surface area contributed by atoms with E-state index in [0.29, 0.717) is 0 Å². The highest BCUT2D eigenvalue weighted by molar-refractivity contribution is 5.88. The minimum Gasteiger partial charge on any atom is -0.326 e. The van der Waals surface area contributed by atoms with Gasteiger partial charge in [0, 0.05) is 19.2 Å². The third kappa shape index (κ3) is 1.93. The van der Waals surface area contributed by atoms with Gasteiger partial charge in [0.15, 0.2) is 0 Å². The normalized spacial score (nSPS) is 14.6. The van der Waals surface area contributed by atoms with Gasteiger partial charge in [-0.15, -0.1) is 0 Å². The minimum absolute atomic E-state index is 0.0197. The molecule has 0 aromatic heterocycles. The highest BCUT2D eigenvalue weighted by Gasteiger charge is 2.08. The molecular formula is C11H14N2O. The first-order valence-electron chi connectivity index (χ1n) is 4.86. The molecule has 2 rings (SSSR count). The summed E-state index contributed by atoms with van der Waals surface area (Å²) in [6.45, 7) is 3.48. The van der Waals surface area contributed by atoms with Crippen molar-refractivity contribution in [1.29, 1.82) is 0 Å². The molecule has 0 atom stereocenters. The Morgan fingerprint density at radius 3 is 3.07 bits per heavy atom. The number of benzene rings is 1. The van der Waals surface area contributed by atoms with Gasteiger partial charge in [-0.1, -0.05) is 6.07 Å². The number of anilines is 1. The molecule has 2 N–H and O–H groups in total. The molecule has 0 aliphatic carbocycles. The van der Waals surface area contributed by atoms with Crippen LogP contribution in [0.2, 0.25) is 0 Å². The summed E-state index contributed by atoms with van der Waals surface area (Å²) in [5, 5.41) is 6.10. The molecule has 0 saturated carbocycles. The molecule has 0 bridgehead atoms. The Bertz CT molecular complexity index is 360. The van der Waals surface area contributed by atoms with Crippen molar-refractivity contribution in [3.63, 3.8) is 0 Å². The van der Waals surface area contributed by atoms with E-state index in [1.54, 1.807) is 0 Å². The molecule has 1 aliphatic rings. The van der Waals surface area contributed by atoms with Gasteiger partial charge < -0.3 is 10.6 Å². The van der Waals surface area contributed by atoms with Crippen LogP contribution < -0.4 is 10.6 Å². The molecule has 1 aromatic rings. The average molecular weight is 190 g/mol. The summed E-state index contributed by atoms with van der Waals surface area (Å²) in [4.78, 5) is 10.9. The number of amides is 1. The van der Waals surface area contributed by atoms with Crippen molar-refractivity contribution in [2.24, 2.45) is 0 Å². The molecule has 1 amide bonds. The molecule has 74 valence electrons. The van der Waals surface area contributed by atoms with Crippen molar-refractivity contribution < 1.29 is 4.79 Å². The van der Waals surface area contributed by atoms with E-state index < -0.39 is 0 Å². The second-order valence-electron chi connectivity index (χ2n) is 3.59. The number of hydrogen-bond acceptors (Lipinski definition) is 2. The van der Waals surface area contributed by atoms with E-state index >= 15 is 0 Å². The monoisotopic (exact) mass is 190 g/mol. The quantitative estimate of drug-likeness (QED) is 0.700. The van der Waals surface area contributed by atoms with E-state index in [1.165, 1.54) is 18.1 Å². The predicted molar refractivity (Wildman–Crippen MR) is 56.2 cm³/mol. The van der Waals surface area contributed by atoms with Crippen LogP contribution in [0.4, 0.5) is 5.69 Å². The molecular weight excluding hydrogens is 176 g/mol. The summed E-state index contributed by atoms with van der Waals surface area (Å²) >= 11 is 0. The van der Waals surface area contributed by atoms with Crippen LogP contribution in [0.25, 0.3) is 0 Å². The van der Waals surface area contributed by atoms with Crippen molar-refractivity contribution in [2.75, 3.05) is 11.9 Å². The fraction of sp³-hybridized carbons (Fsp3) is 0.364. The second kappa shape index (κ2) is 3.80. The van der Waals surface area contributed by atoms with E-state index in [-0.39, 0.29) is 5.91 Å². The van der Waals surface area contributed by atoms with E-state index in [1.807, 2.05) is 12.1 Å². The fourth-order valence-electron chi connectivity index (χ4n) is 1.76. The number of nitrogens with one attached hydrogen (secondary N) is 2. The molecule has 0 fully saturated rings. The summed E-state index contributed by atoms with van der Waals surface area (Å²) < 4.78 is 0. The fourth-order valence-corrected chi connectivity index (χ4v) is 1.76. The van der Waals surface area contributed by atoms with Crippen LogP contribution in [0.1, 0.15) is 18.1 Å². The Labute approximate surface area is 83.5 Å². The minimum atomic E-state index is -0.0197. The largest absolute Gasteiger partial charge is 0.326 e. The summed E-state index contributed by atoms with van der Waals surface area (Å²) in [7, 11) is 0. The lowest BCUT2D eigenvalue weighted by Gasteiger charge is -2.17. The molecule has 3 nitrogen and oxygen atoms in total. The third-order valence-corrected chi connectivity index (χ3v) is 2.41. The Morgan fingerprint density at radius 2 is 2.29 bits per heavy atom. The molecule has 0 saturated heterocycles. The maximum atomic E-state index is 10.9. The molecule has 0 unspecified atom stereocenters. The van der Waals surface area contributed by atoms with Gasteiger partial charge in [0.25, 0.3) is 0 Å². The number of fused-ring (bicyclic) bond motifs is 1. The Balaban J connectivity index is 2.24.